The zero-order chi connectivity index (χ0) is 24.3. The summed E-state index contributed by atoms with van der Waals surface area (Å²) in [6, 6.07) is -5.85. The van der Waals surface area contributed by atoms with Crippen molar-refractivity contribution in [1.29, 1.82) is 0 Å². The number of carbonyl (C=O) groups is 6. The highest BCUT2D eigenvalue weighted by molar-refractivity contribution is 5.97. The predicted molar refractivity (Wildman–Crippen MR) is 106 cm³/mol. The van der Waals surface area contributed by atoms with Gasteiger partial charge < -0.3 is 43.4 Å². The molecule has 0 aliphatic heterocycles. The predicted octanol–water partition coefficient (Wildman–Crippen LogP) is -4.36. The van der Waals surface area contributed by atoms with E-state index in [0.29, 0.717) is 6.42 Å². The molecule has 11 N–H and O–H groups in total. The van der Waals surface area contributed by atoms with Crippen LogP contribution in [0.15, 0.2) is 0 Å². The Kier molecular flexibility index (Phi) is 11.7. The van der Waals surface area contributed by atoms with Crippen molar-refractivity contribution < 1.29 is 39.0 Å². The van der Waals surface area contributed by atoms with E-state index in [2.05, 4.69) is 16.0 Å². The average molecular weight is 446 g/mol. The van der Waals surface area contributed by atoms with Crippen LogP contribution in [-0.2, 0) is 28.8 Å². The maximum Gasteiger partial charge on any atom is 0.326 e. The number of primary amides is 2. The van der Waals surface area contributed by atoms with Gasteiger partial charge in [-0.25, -0.2) is 4.79 Å². The number of hydrogen-bond acceptors (Lipinski definition) is 8. The first-order valence-electron chi connectivity index (χ1n) is 9.40. The molecule has 0 aliphatic rings. The van der Waals surface area contributed by atoms with Crippen molar-refractivity contribution >= 4 is 35.5 Å². The van der Waals surface area contributed by atoms with E-state index in [9.17, 15) is 33.9 Å². The van der Waals surface area contributed by atoms with E-state index < -0.39 is 85.0 Å². The summed E-state index contributed by atoms with van der Waals surface area (Å²) >= 11 is 0. The number of hydrogen-bond donors (Lipinski definition) is 8. The second kappa shape index (κ2) is 13.1. The van der Waals surface area contributed by atoms with Crippen molar-refractivity contribution in [3.05, 3.63) is 0 Å². The van der Waals surface area contributed by atoms with Crippen LogP contribution in [0, 0.1) is 5.92 Å². The lowest BCUT2D eigenvalue weighted by Crippen LogP contribution is -2.59. The molecule has 0 fully saturated rings. The van der Waals surface area contributed by atoms with Gasteiger partial charge in [0.1, 0.15) is 24.2 Å². The molecule has 5 atom stereocenters. The van der Waals surface area contributed by atoms with E-state index >= 15 is 0 Å². The largest absolute Gasteiger partial charge is 0.480 e. The zero-order valence-corrected chi connectivity index (χ0v) is 17.3. The molecule has 0 saturated heterocycles. The molecule has 0 aromatic rings. The SMILES string of the molecule is CC[C@H](C)[C@H](NC(=O)[C@H](CC(N)=O)NC(=O)[C@H](CC(N)=O)NC(=O)[C@@H](N)CO)C(=O)O. The van der Waals surface area contributed by atoms with Crippen LogP contribution in [0.3, 0.4) is 0 Å². The normalized spacial score (nSPS) is 15.5. The highest BCUT2D eigenvalue weighted by Crippen LogP contribution is 2.09. The lowest BCUT2D eigenvalue weighted by atomic mass is 9.98. The Hall–Kier alpha value is -3.26. The van der Waals surface area contributed by atoms with E-state index in [1.54, 1.807) is 13.8 Å². The number of aliphatic hydroxyl groups excluding tert-OH is 1. The molecule has 14 heteroatoms. The highest BCUT2D eigenvalue weighted by atomic mass is 16.4. The molecule has 0 radical (unpaired) electrons. The Balaban J connectivity index is 5.56. The van der Waals surface area contributed by atoms with Crippen molar-refractivity contribution in [3.63, 3.8) is 0 Å². The van der Waals surface area contributed by atoms with E-state index in [1.807, 2.05) is 0 Å². The van der Waals surface area contributed by atoms with Gasteiger partial charge in [0.05, 0.1) is 19.4 Å². The first kappa shape index (κ1) is 27.7. The molecule has 31 heavy (non-hydrogen) atoms. The van der Waals surface area contributed by atoms with Crippen molar-refractivity contribution in [1.82, 2.24) is 16.0 Å². The van der Waals surface area contributed by atoms with E-state index in [1.165, 1.54) is 0 Å². The number of nitrogens with two attached hydrogens (primary N) is 3. The molecule has 0 aromatic carbocycles. The number of nitrogens with one attached hydrogen (secondary N) is 3. The fourth-order valence-electron chi connectivity index (χ4n) is 2.39. The smallest absolute Gasteiger partial charge is 0.326 e. The summed E-state index contributed by atoms with van der Waals surface area (Å²) in [6.45, 7) is 2.56. The first-order chi connectivity index (χ1) is 14.3. The summed E-state index contributed by atoms with van der Waals surface area (Å²) in [6.07, 6.45) is -0.940. The standard InChI is InChI=1S/C17H30N6O8/c1-3-7(2)13(17(30)31)23-16(29)10(5-12(20)26)22-15(28)9(4-11(19)25)21-14(27)8(18)6-24/h7-10,13,24H,3-6,18H2,1-2H3,(H2,19,25)(H2,20,26)(H,21,27)(H,22,28)(H,23,29)(H,30,31)/t7-,8-,9-,10-,13-/m0/s1. The average Bonchev–Trinajstić information content (AvgIpc) is 2.68. The van der Waals surface area contributed by atoms with E-state index in [0.717, 1.165) is 0 Å². The maximum absolute atomic E-state index is 12.5. The fourth-order valence-corrected chi connectivity index (χ4v) is 2.39. The van der Waals surface area contributed by atoms with Gasteiger partial charge >= 0.3 is 5.97 Å². The van der Waals surface area contributed by atoms with Gasteiger partial charge in [-0.05, 0) is 5.92 Å². The summed E-state index contributed by atoms with van der Waals surface area (Å²) in [4.78, 5) is 71.0. The van der Waals surface area contributed by atoms with E-state index in [4.69, 9.17) is 22.3 Å². The summed E-state index contributed by atoms with van der Waals surface area (Å²) in [5.74, 6) is -6.78. The van der Waals surface area contributed by atoms with Crippen molar-refractivity contribution in [2.24, 2.45) is 23.1 Å². The van der Waals surface area contributed by atoms with E-state index in [-0.39, 0.29) is 0 Å². The zero-order valence-electron chi connectivity index (χ0n) is 17.3. The highest BCUT2D eigenvalue weighted by Gasteiger charge is 2.33. The van der Waals surface area contributed by atoms with Gasteiger partial charge in [0, 0.05) is 0 Å². The van der Waals surface area contributed by atoms with Gasteiger partial charge in [-0.1, -0.05) is 20.3 Å². The molecule has 0 rings (SSSR count). The first-order valence-corrected chi connectivity index (χ1v) is 9.40. The van der Waals surface area contributed by atoms with Gasteiger partial charge in [0.15, 0.2) is 0 Å². The number of carboxylic acids is 1. The summed E-state index contributed by atoms with van der Waals surface area (Å²) in [5, 5.41) is 24.7. The van der Waals surface area contributed by atoms with Crippen LogP contribution in [0.2, 0.25) is 0 Å². The third kappa shape index (κ3) is 9.86. The Morgan fingerprint density at radius 3 is 1.61 bits per heavy atom. The minimum absolute atomic E-state index is 0.419. The van der Waals surface area contributed by atoms with Crippen LogP contribution in [-0.4, -0.2) is 76.5 Å². The van der Waals surface area contributed by atoms with Crippen LogP contribution in [0.5, 0.6) is 0 Å². The number of aliphatic hydroxyl groups is 1. The van der Waals surface area contributed by atoms with Gasteiger partial charge in [-0.2, -0.15) is 0 Å². The minimum atomic E-state index is -1.59. The molecule has 5 amide bonds. The third-order valence-electron chi connectivity index (χ3n) is 4.39. The Labute approximate surface area is 178 Å². The van der Waals surface area contributed by atoms with Crippen molar-refractivity contribution in [2.75, 3.05) is 6.61 Å². The van der Waals surface area contributed by atoms with Crippen LogP contribution in [0.4, 0.5) is 0 Å². The third-order valence-corrected chi connectivity index (χ3v) is 4.39. The maximum atomic E-state index is 12.5. The number of aliphatic carboxylic acids is 1. The summed E-state index contributed by atoms with van der Waals surface area (Å²) < 4.78 is 0. The van der Waals surface area contributed by atoms with Gasteiger partial charge in [0.2, 0.25) is 29.5 Å². The molecule has 0 aliphatic carbocycles. The minimum Gasteiger partial charge on any atom is -0.480 e. The molecule has 176 valence electrons. The number of carboxylic acid groups (broad SMARTS) is 1. The molecule has 0 aromatic heterocycles. The second-order valence-electron chi connectivity index (χ2n) is 6.96. The monoisotopic (exact) mass is 446 g/mol. The molecule has 0 saturated carbocycles. The molecule has 0 heterocycles. The van der Waals surface area contributed by atoms with Gasteiger partial charge in [-0.3, -0.25) is 24.0 Å². The second-order valence-corrected chi connectivity index (χ2v) is 6.96. The number of rotatable bonds is 14. The van der Waals surface area contributed by atoms with Crippen LogP contribution in [0.1, 0.15) is 33.1 Å². The fraction of sp³-hybridized carbons (Fsp3) is 0.647. The van der Waals surface area contributed by atoms with Crippen molar-refractivity contribution in [3.8, 4) is 0 Å². The number of amides is 5. The molecule has 0 spiro atoms. The summed E-state index contributed by atoms with van der Waals surface area (Å²) in [7, 11) is 0. The van der Waals surface area contributed by atoms with Gasteiger partial charge in [0.25, 0.3) is 0 Å². The molecule has 0 bridgehead atoms. The lowest BCUT2D eigenvalue weighted by Gasteiger charge is -2.25. The van der Waals surface area contributed by atoms with Crippen LogP contribution >= 0.6 is 0 Å². The molecule has 0 unspecified atom stereocenters. The molecule has 14 nitrogen and oxygen atoms in total. The molecular formula is C17H30N6O8. The van der Waals surface area contributed by atoms with Crippen LogP contribution < -0.4 is 33.2 Å². The Morgan fingerprint density at radius 1 is 0.839 bits per heavy atom. The quantitative estimate of drug-likeness (QED) is 0.128. The molecular weight excluding hydrogens is 416 g/mol. The lowest BCUT2D eigenvalue weighted by molar-refractivity contribution is -0.144. The van der Waals surface area contributed by atoms with Crippen LogP contribution in [0.25, 0.3) is 0 Å². The Bertz CT molecular complexity index is 700. The topological polar surface area (TPSA) is 257 Å². The van der Waals surface area contributed by atoms with Crippen molar-refractivity contribution in [2.45, 2.75) is 57.3 Å². The van der Waals surface area contributed by atoms with Gasteiger partial charge in [-0.15, -0.1) is 0 Å². The number of carbonyl (C=O) groups excluding carboxylic acids is 5. The Morgan fingerprint density at radius 2 is 1.26 bits per heavy atom. The summed E-state index contributed by atoms with van der Waals surface area (Å²) in [5.41, 5.74) is 15.5.